The molecule has 1 aliphatic carbocycles. The maximum Gasteiger partial charge on any atom is 0.323 e. The van der Waals surface area contributed by atoms with Gasteiger partial charge in [-0.15, -0.1) is 0 Å². The molecule has 0 saturated carbocycles. The number of hydrogen-bond acceptors (Lipinski definition) is 2. The van der Waals surface area contributed by atoms with Gasteiger partial charge in [0.15, 0.2) is 0 Å². The van der Waals surface area contributed by atoms with Gasteiger partial charge in [0.25, 0.3) is 0 Å². The molecule has 1 amide bonds. The van der Waals surface area contributed by atoms with Crippen LogP contribution in [-0.4, -0.2) is 35.0 Å². The van der Waals surface area contributed by atoms with Crippen LogP contribution in [0.15, 0.2) is 24.3 Å². The van der Waals surface area contributed by atoms with Crippen LogP contribution < -0.4 is 0 Å². The molecule has 96 valence electrons. The molecular formula is C14H17NO3. The van der Waals surface area contributed by atoms with E-state index in [-0.39, 0.29) is 18.4 Å². The molecule has 1 N–H and O–H groups in total. The van der Waals surface area contributed by atoms with Crippen LogP contribution in [0.5, 0.6) is 0 Å². The molecule has 2 rings (SSSR count). The van der Waals surface area contributed by atoms with Crippen LogP contribution in [0.4, 0.5) is 0 Å². The Bertz CT molecular complexity index is 470. The van der Waals surface area contributed by atoms with Crippen molar-refractivity contribution in [2.24, 2.45) is 0 Å². The number of carboxylic acids is 1. The summed E-state index contributed by atoms with van der Waals surface area (Å²) in [6.45, 7) is 2.03. The molecule has 0 aromatic heterocycles. The predicted octanol–water partition coefficient (Wildman–Crippen LogP) is 1.65. The number of fused-ring (bicyclic) bond motifs is 1. The van der Waals surface area contributed by atoms with Crippen molar-refractivity contribution in [3.05, 3.63) is 35.4 Å². The van der Waals surface area contributed by atoms with Crippen LogP contribution in [0.2, 0.25) is 0 Å². The van der Waals surface area contributed by atoms with E-state index in [0.29, 0.717) is 6.54 Å². The van der Waals surface area contributed by atoms with Gasteiger partial charge in [-0.25, -0.2) is 0 Å². The molecule has 18 heavy (non-hydrogen) atoms. The molecular weight excluding hydrogens is 230 g/mol. The highest BCUT2D eigenvalue weighted by Gasteiger charge is 2.31. The Hall–Kier alpha value is -1.84. The van der Waals surface area contributed by atoms with Crippen molar-refractivity contribution >= 4 is 11.9 Å². The first kappa shape index (κ1) is 12.6. The lowest BCUT2D eigenvalue weighted by atomic mass is 10.00. The Kier molecular flexibility index (Phi) is 3.65. The van der Waals surface area contributed by atoms with Crippen LogP contribution in [-0.2, 0) is 16.0 Å². The topological polar surface area (TPSA) is 57.6 Å². The van der Waals surface area contributed by atoms with E-state index in [9.17, 15) is 9.59 Å². The molecule has 0 spiro atoms. The number of carbonyl (C=O) groups excluding carboxylic acids is 1. The molecule has 4 heteroatoms. The van der Waals surface area contributed by atoms with Crippen LogP contribution in [0, 0.1) is 0 Å². The minimum Gasteiger partial charge on any atom is -0.480 e. The molecule has 0 bridgehead atoms. The Morgan fingerprint density at radius 1 is 1.39 bits per heavy atom. The van der Waals surface area contributed by atoms with Crippen molar-refractivity contribution in [2.45, 2.75) is 25.7 Å². The normalized spacial score (nSPS) is 17.3. The SMILES string of the molecule is CCN(CC(=O)O)C(=O)C1CCc2ccccc21. The average Bonchev–Trinajstić information content (AvgIpc) is 2.78. The summed E-state index contributed by atoms with van der Waals surface area (Å²) in [6, 6.07) is 7.91. The Labute approximate surface area is 106 Å². The highest BCUT2D eigenvalue weighted by molar-refractivity contribution is 5.87. The monoisotopic (exact) mass is 247 g/mol. The van der Waals surface area contributed by atoms with Gasteiger partial charge in [0.2, 0.25) is 5.91 Å². The van der Waals surface area contributed by atoms with Gasteiger partial charge in [-0.1, -0.05) is 24.3 Å². The number of hydrogen-bond donors (Lipinski definition) is 1. The molecule has 1 aromatic carbocycles. The minimum atomic E-state index is -0.962. The van der Waals surface area contributed by atoms with Gasteiger partial charge >= 0.3 is 5.97 Å². The number of amides is 1. The van der Waals surface area contributed by atoms with Gasteiger partial charge < -0.3 is 10.0 Å². The highest BCUT2D eigenvalue weighted by atomic mass is 16.4. The number of carboxylic acid groups (broad SMARTS) is 1. The third-order valence-electron chi connectivity index (χ3n) is 3.45. The van der Waals surface area contributed by atoms with E-state index >= 15 is 0 Å². The summed E-state index contributed by atoms with van der Waals surface area (Å²) in [5, 5.41) is 8.81. The number of likely N-dealkylation sites (N-methyl/N-ethyl adjacent to an activating group) is 1. The largest absolute Gasteiger partial charge is 0.480 e. The van der Waals surface area contributed by atoms with Gasteiger partial charge in [-0.2, -0.15) is 0 Å². The third-order valence-corrected chi connectivity index (χ3v) is 3.45. The van der Waals surface area contributed by atoms with Crippen molar-refractivity contribution in [1.82, 2.24) is 4.90 Å². The van der Waals surface area contributed by atoms with Gasteiger partial charge in [0.1, 0.15) is 6.54 Å². The fraction of sp³-hybridized carbons (Fsp3) is 0.429. The summed E-state index contributed by atoms with van der Waals surface area (Å²) in [4.78, 5) is 24.5. The maximum atomic E-state index is 12.3. The number of nitrogens with zero attached hydrogens (tertiary/aromatic N) is 1. The van der Waals surface area contributed by atoms with Gasteiger partial charge in [-0.05, 0) is 30.9 Å². The van der Waals surface area contributed by atoms with E-state index in [1.165, 1.54) is 10.5 Å². The Morgan fingerprint density at radius 2 is 2.11 bits per heavy atom. The molecule has 0 aliphatic heterocycles. The van der Waals surface area contributed by atoms with E-state index in [1.807, 2.05) is 31.2 Å². The number of rotatable bonds is 4. The molecule has 1 aromatic rings. The quantitative estimate of drug-likeness (QED) is 0.880. The summed E-state index contributed by atoms with van der Waals surface area (Å²) in [5.41, 5.74) is 2.27. The summed E-state index contributed by atoms with van der Waals surface area (Å²) in [6.07, 6.45) is 1.69. The van der Waals surface area contributed by atoms with Crippen LogP contribution in [0.1, 0.15) is 30.4 Å². The van der Waals surface area contributed by atoms with Crippen molar-refractivity contribution < 1.29 is 14.7 Å². The van der Waals surface area contributed by atoms with E-state index in [1.54, 1.807) is 0 Å². The van der Waals surface area contributed by atoms with Crippen LogP contribution in [0.3, 0.4) is 0 Å². The summed E-state index contributed by atoms with van der Waals surface area (Å²) in [5.74, 6) is -1.19. The molecule has 1 aliphatic rings. The number of aryl methyl sites for hydroxylation is 1. The van der Waals surface area contributed by atoms with Gasteiger partial charge in [0, 0.05) is 6.54 Å². The molecule has 0 heterocycles. The number of aliphatic carboxylic acids is 1. The van der Waals surface area contributed by atoms with Gasteiger partial charge in [-0.3, -0.25) is 9.59 Å². The second-order valence-corrected chi connectivity index (χ2v) is 4.54. The summed E-state index contributed by atoms with van der Waals surface area (Å²) >= 11 is 0. The van der Waals surface area contributed by atoms with E-state index in [0.717, 1.165) is 18.4 Å². The minimum absolute atomic E-state index is 0.0650. The molecule has 1 atom stereocenters. The summed E-state index contributed by atoms with van der Waals surface area (Å²) in [7, 11) is 0. The second kappa shape index (κ2) is 5.21. The average molecular weight is 247 g/mol. The zero-order valence-electron chi connectivity index (χ0n) is 10.4. The predicted molar refractivity (Wildman–Crippen MR) is 67.4 cm³/mol. The van der Waals surface area contributed by atoms with E-state index in [4.69, 9.17) is 5.11 Å². The van der Waals surface area contributed by atoms with Gasteiger partial charge in [0.05, 0.1) is 5.92 Å². The molecule has 0 saturated heterocycles. The lowest BCUT2D eigenvalue weighted by Crippen LogP contribution is -2.38. The van der Waals surface area contributed by atoms with Crippen molar-refractivity contribution in [3.63, 3.8) is 0 Å². The fourth-order valence-electron chi connectivity index (χ4n) is 2.54. The van der Waals surface area contributed by atoms with Crippen LogP contribution in [0.25, 0.3) is 0 Å². The maximum absolute atomic E-state index is 12.3. The van der Waals surface area contributed by atoms with E-state index in [2.05, 4.69) is 0 Å². The fourth-order valence-corrected chi connectivity index (χ4v) is 2.54. The highest BCUT2D eigenvalue weighted by Crippen LogP contribution is 2.34. The third kappa shape index (κ3) is 2.37. The van der Waals surface area contributed by atoms with E-state index < -0.39 is 5.97 Å². The Morgan fingerprint density at radius 3 is 2.78 bits per heavy atom. The molecule has 0 fully saturated rings. The molecule has 4 nitrogen and oxygen atoms in total. The van der Waals surface area contributed by atoms with Crippen molar-refractivity contribution in [2.75, 3.05) is 13.1 Å². The first-order valence-corrected chi connectivity index (χ1v) is 6.22. The van der Waals surface area contributed by atoms with Crippen molar-refractivity contribution in [3.8, 4) is 0 Å². The zero-order chi connectivity index (χ0) is 13.1. The summed E-state index contributed by atoms with van der Waals surface area (Å²) < 4.78 is 0. The lowest BCUT2D eigenvalue weighted by molar-refractivity contribution is -0.144. The first-order chi connectivity index (χ1) is 8.63. The smallest absolute Gasteiger partial charge is 0.323 e. The first-order valence-electron chi connectivity index (χ1n) is 6.22. The van der Waals surface area contributed by atoms with Crippen molar-refractivity contribution in [1.29, 1.82) is 0 Å². The molecule has 1 unspecified atom stereocenters. The second-order valence-electron chi connectivity index (χ2n) is 4.54. The van der Waals surface area contributed by atoms with Crippen LogP contribution >= 0.6 is 0 Å². The number of carbonyl (C=O) groups is 2. The number of benzene rings is 1. The molecule has 0 radical (unpaired) electrons. The standard InChI is InChI=1S/C14H17NO3/c1-2-15(9-13(16)17)14(18)12-8-7-10-5-3-4-6-11(10)12/h3-6,12H,2,7-9H2,1H3,(H,16,17). The Balaban J connectivity index is 2.17. The zero-order valence-corrected chi connectivity index (χ0v) is 10.4. The lowest BCUT2D eigenvalue weighted by Gasteiger charge is -2.22.